The normalized spacial score (nSPS) is 12.0. The number of sulfonamides is 1. The summed E-state index contributed by atoms with van der Waals surface area (Å²) in [5.41, 5.74) is 0.973. The third-order valence-corrected chi connectivity index (χ3v) is 4.67. The van der Waals surface area contributed by atoms with Crippen molar-refractivity contribution in [3.05, 3.63) is 29.8 Å². The molecule has 1 rings (SSSR count). The van der Waals surface area contributed by atoms with E-state index in [0.29, 0.717) is 24.5 Å². The number of hydrogen-bond acceptors (Lipinski definition) is 3. The van der Waals surface area contributed by atoms with E-state index in [4.69, 9.17) is 0 Å². The van der Waals surface area contributed by atoms with Gasteiger partial charge in [-0.05, 0) is 24.7 Å². The van der Waals surface area contributed by atoms with Gasteiger partial charge in [-0.2, -0.15) is 4.31 Å². The summed E-state index contributed by atoms with van der Waals surface area (Å²) in [6.07, 6.45) is 0. The first-order chi connectivity index (χ1) is 8.06. The summed E-state index contributed by atoms with van der Waals surface area (Å²) in [6, 6.07) is 7.07. The minimum atomic E-state index is -3.34. The molecule has 0 aliphatic carbocycles. The number of nitrogens with one attached hydrogen (secondary N) is 1. The van der Waals surface area contributed by atoms with Crippen LogP contribution >= 0.6 is 0 Å². The Kier molecular flexibility index (Phi) is 5.11. The first kappa shape index (κ1) is 14.2. The van der Waals surface area contributed by atoms with Crippen LogP contribution in [0.5, 0.6) is 0 Å². The fraction of sp³-hybridized carbons (Fsp3) is 0.500. The molecule has 0 saturated carbocycles. The molecular weight excluding hydrogens is 236 g/mol. The minimum Gasteiger partial charge on any atom is -0.316 e. The third kappa shape index (κ3) is 3.28. The summed E-state index contributed by atoms with van der Waals surface area (Å²) in [6.45, 7) is 5.35. The van der Waals surface area contributed by atoms with Crippen molar-refractivity contribution in [2.45, 2.75) is 25.3 Å². The van der Waals surface area contributed by atoms with Gasteiger partial charge in [0, 0.05) is 19.6 Å². The summed E-state index contributed by atoms with van der Waals surface area (Å²) in [4.78, 5) is 0.369. The SMILES string of the molecule is CCN(CC)S(=O)(=O)c1cccc(CNC)c1. The first-order valence-corrected chi connectivity index (χ1v) is 7.24. The van der Waals surface area contributed by atoms with E-state index in [9.17, 15) is 8.42 Å². The highest BCUT2D eigenvalue weighted by Crippen LogP contribution is 2.16. The molecule has 17 heavy (non-hydrogen) atoms. The third-order valence-electron chi connectivity index (χ3n) is 2.62. The summed E-state index contributed by atoms with van der Waals surface area (Å²) in [5, 5.41) is 3.01. The average molecular weight is 256 g/mol. The van der Waals surface area contributed by atoms with Crippen molar-refractivity contribution >= 4 is 10.0 Å². The molecule has 0 bridgehead atoms. The van der Waals surface area contributed by atoms with E-state index in [1.54, 1.807) is 18.2 Å². The molecule has 0 aliphatic rings. The quantitative estimate of drug-likeness (QED) is 0.838. The van der Waals surface area contributed by atoms with Gasteiger partial charge >= 0.3 is 0 Å². The van der Waals surface area contributed by atoms with E-state index < -0.39 is 10.0 Å². The Morgan fingerprint density at radius 2 is 1.88 bits per heavy atom. The maximum absolute atomic E-state index is 12.3. The molecule has 96 valence electrons. The lowest BCUT2D eigenvalue weighted by Crippen LogP contribution is -2.30. The van der Waals surface area contributed by atoms with Gasteiger partial charge in [0.15, 0.2) is 0 Å². The molecule has 0 aliphatic heterocycles. The summed E-state index contributed by atoms with van der Waals surface area (Å²) in [5.74, 6) is 0. The highest BCUT2D eigenvalue weighted by Gasteiger charge is 2.21. The second-order valence-electron chi connectivity index (χ2n) is 3.77. The molecule has 0 fully saturated rings. The second kappa shape index (κ2) is 6.14. The van der Waals surface area contributed by atoms with Crippen LogP contribution in [0.2, 0.25) is 0 Å². The van der Waals surface area contributed by atoms with Gasteiger partial charge in [0.05, 0.1) is 4.90 Å². The van der Waals surface area contributed by atoms with Crippen molar-refractivity contribution in [1.82, 2.24) is 9.62 Å². The summed E-state index contributed by atoms with van der Waals surface area (Å²) >= 11 is 0. The van der Waals surface area contributed by atoms with Crippen LogP contribution in [0, 0.1) is 0 Å². The molecule has 1 aromatic rings. The molecule has 0 radical (unpaired) electrons. The average Bonchev–Trinajstić information content (AvgIpc) is 2.31. The zero-order valence-electron chi connectivity index (χ0n) is 10.6. The molecular formula is C12H20N2O2S. The van der Waals surface area contributed by atoms with Crippen molar-refractivity contribution in [3.8, 4) is 0 Å². The number of benzene rings is 1. The van der Waals surface area contributed by atoms with E-state index in [1.165, 1.54) is 4.31 Å². The largest absolute Gasteiger partial charge is 0.316 e. The summed E-state index contributed by atoms with van der Waals surface area (Å²) in [7, 11) is -1.50. The van der Waals surface area contributed by atoms with E-state index in [-0.39, 0.29) is 0 Å². The van der Waals surface area contributed by atoms with Gasteiger partial charge in [-0.25, -0.2) is 8.42 Å². The zero-order chi connectivity index (χ0) is 12.9. The lowest BCUT2D eigenvalue weighted by molar-refractivity contribution is 0.445. The maximum Gasteiger partial charge on any atom is 0.243 e. The minimum absolute atomic E-state index is 0.369. The molecule has 1 aromatic carbocycles. The molecule has 0 atom stereocenters. The van der Waals surface area contributed by atoms with E-state index in [1.807, 2.05) is 27.0 Å². The van der Waals surface area contributed by atoms with Crippen LogP contribution in [0.15, 0.2) is 29.2 Å². The van der Waals surface area contributed by atoms with Crippen molar-refractivity contribution in [3.63, 3.8) is 0 Å². The lowest BCUT2D eigenvalue weighted by atomic mass is 10.2. The predicted molar refractivity (Wildman–Crippen MR) is 69.3 cm³/mol. The Morgan fingerprint density at radius 3 is 2.41 bits per heavy atom. The fourth-order valence-electron chi connectivity index (χ4n) is 1.73. The second-order valence-corrected chi connectivity index (χ2v) is 5.70. The van der Waals surface area contributed by atoms with Crippen LogP contribution in [-0.2, 0) is 16.6 Å². The Balaban J connectivity index is 3.10. The van der Waals surface area contributed by atoms with Crippen LogP contribution in [0.1, 0.15) is 19.4 Å². The molecule has 0 spiro atoms. The topological polar surface area (TPSA) is 49.4 Å². The Hall–Kier alpha value is -0.910. The van der Waals surface area contributed by atoms with Crippen molar-refractivity contribution in [1.29, 1.82) is 0 Å². The van der Waals surface area contributed by atoms with E-state index in [0.717, 1.165) is 5.56 Å². The highest BCUT2D eigenvalue weighted by molar-refractivity contribution is 7.89. The van der Waals surface area contributed by atoms with Crippen molar-refractivity contribution in [2.24, 2.45) is 0 Å². The van der Waals surface area contributed by atoms with E-state index in [2.05, 4.69) is 5.32 Å². The van der Waals surface area contributed by atoms with Crippen LogP contribution in [0.25, 0.3) is 0 Å². The molecule has 1 N–H and O–H groups in total. The molecule has 4 nitrogen and oxygen atoms in total. The molecule has 0 aromatic heterocycles. The maximum atomic E-state index is 12.3. The molecule has 5 heteroatoms. The lowest BCUT2D eigenvalue weighted by Gasteiger charge is -2.18. The Bertz CT molecular complexity index is 453. The number of rotatable bonds is 6. The summed E-state index contributed by atoms with van der Waals surface area (Å²) < 4.78 is 26.0. The van der Waals surface area contributed by atoms with Crippen LogP contribution in [-0.4, -0.2) is 32.9 Å². The van der Waals surface area contributed by atoms with Gasteiger partial charge in [-0.15, -0.1) is 0 Å². The molecule has 0 unspecified atom stereocenters. The number of hydrogen-bond donors (Lipinski definition) is 1. The number of nitrogens with zero attached hydrogens (tertiary/aromatic N) is 1. The van der Waals surface area contributed by atoms with Crippen molar-refractivity contribution < 1.29 is 8.42 Å². The van der Waals surface area contributed by atoms with Gasteiger partial charge in [0.1, 0.15) is 0 Å². The van der Waals surface area contributed by atoms with Crippen LogP contribution in [0.4, 0.5) is 0 Å². The van der Waals surface area contributed by atoms with Gasteiger partial charge in [-0.3, -0.25) is 0 Å². The van der Waals surface area contributed by atoms with Gasteiger partial charge < -0.3 is 5.32 Å². The van der Waals surface area contributed by atoms with Crippen LogP contribution in [0.3, 0.4) is 0 Å². The standard InChI is InChI=1S/C12H20N2O2S/c1-4-14(5-2)17(15,16)12-8-6-7-11(9-12)10-13-3/h6-9,13H,4-5,10H2,1-3H3. The van der Waals surface area contributed by atoms with Crippen LogP contribution < -0.4 is 5.32 Å². The fourth-order valence-corrected chi connectivity index (χ4v) is 3.26. The molecule has 0 saturated heterocycles. The van der Waals surface area contributed by atoms with Gasteiger partial charge in [0.25, 0.3) is 0 Å². The Morgan fingerprint density at radius 1 is 1.24 bits per heavy atom. The smallest absolute Gasteiger partial charge is 0.243 e. The molecule has 0 amide bonds. The van der Waals surface area contributed by atoms with Gasteiger partial charge in [-0.1, -0.05) is 26.0 Å². The van der Waals surface area contributed by atoms with Gasteiger partial charge in [0.2, 0.25) is 10.0 Å². The first-order valence-electron chi connectivity index (χ1n) is 5.80. The molecule has 0 heterocycles. The predicted octanol–water partition coefficient (Wildman–Crippen LogP) is 1.44. The Labute approximate surface area is 104 Å². The zero-order valence-corrected chi connectivity index (χ0v) is 11.4. The monoisotopic (exact) mass is 256 g/mol. The van der Waals surface area contributed by atoms with E-state index >= 15 is 0 Å². The highest BCUT2D eigenvalue weighted by atomic mass is 32.2. The van der Waals surface area contributed by atoms with Crippen molar-refractivity contribution in [2.75, 3.05) is 20.1 Å².